The first-order valence-electron chi connectivity index (χ1n) is 2.70. The zero-order valence-electron chi connectivity index (χ0n) is 4.76. The van der Waals surface area contributed by atoms with Gasteiger partial charge in [0.15, 0.2) is 0 Å². The molecule has 0 spiro atoms. The van der Waals surface area contributed by atoms with Gasteiger partial charge in [-0.1, -0.05) is 12.2 Å². The van der Waals surface area contributed by atoms with E-state index in [9.17, 15) is 0 Å². The summed E-state index contributed by atoms with van der Waals surface area (Å²) in [7, 11) is 0. The van der Waals surface area contributed by atoms with Crippen LogP contribution >= 0.6 is 11.8 Å². The van der Waals surface area contributed by atoms with Crippen LogP contribution in [0.2, 0.25) is 0 Å². The molecule has 1 aliphatic rings. The van der Waals surface area contributed by atoms with Gasteiger partial charge in [0.2, 0.25) is 0 Å². The fraction of sp³-hybridized carbons (Fsp3) is 0.500. The number of rotatable bonds is 1. The van der Waals surface area contributed by atoms with E-state index in [0.717, 1.165) is 5.88 Å². The molecule has 1 heterocycles. The van der Waals surface area contributed by atoms with Gasteiger partial charge in [-0.15, -0.1) is 11.8 Å². The fourth-order valence-electron chi connectivity index (χ4n) is 0.699. The summed E-state index contributed by atoms with van der Waals surface area (Å²) >= 11 is 1.93. The Balaban J connectivity index is 2.24. The summed E-state index contributed by atoms with van der Waals surface area (Å²) in [5.41, 5.74) is 0. The predicted octanol–water partition coefficient (Wildman–Crippen LogP) is 1.04. The molecule has 0 aromatic rings. The van der Waals surface area contributed by atoms with Crippen molar-refractivity contribution in [2.24, 2.45) is 0 Å². The van der Waals surface area contributed by atoms with Crippen LogP contribution in [0.25, 0.3) is 0 Å². The van der Waals surface area contributed by atoms with Gasteiger partial charge < -0.3 is 5.32 Å². The van der Waals surface area contributed by atoms with Gasteiger partial charge in [-0.25, -0.2) is 0 Å². The van der Waals surface area contributed by atoms with Crippen LogP contribution in [0.1, 0.15) is 0 Å². The lowest BCUT2D eigenvalue weighted by Gasteiger charge is -1.97. The monoisotopic (exact) mass is 128 g/mol. The lowest BCUT2D eigenvalue weighted by Crippen LogP contribution is -2.20. The van der Waals surface area contributed by atoms with Crippen molar-refractivity contribution in [3.8, 4) is 0 Å². The van der Waals surface area contributed by atoms with E-state index in [1.807, 2.05) is 17.8 Å². The highest BCUT2D eigenvalue weighted by atomic mass is 32.2. The van der Waals surface area contributed by atoms with E-state index in [1.54, 1.807) is 0 Å². The van der Waals surface area contributed by atoms with Gasteiger partial charge in [0.25, 0.3) is 0 Å². The molecule has 2 heteroatoms. The van der Waals surface area contributed by atoms with Crippen LogP contribution in [0.3, 0.4) is 0 Å². The van der Waals surface area contributed by atoms with Crippen LogP contribution in [0.15, 0.2) is 12.2 Å². The van der Waals surface area contributed by atoms with Gasteiger partial charge in [-0.05, 0) is 6.92 Å². The van der Waals surface area contributed by atoms with Crippen molar-refractivity contribution in [3.63, 3.8) is 0 Å². The maximum absolute atomic E-state index is 3.62. The largest absolute Gasteiger partial charge is 0.301 e. The molecular weight excluding hydrogens is 118 g/mol. The predicted molar refractivity (Wildman–Crippen MR) is 38.7 cm³/mol. The van der Waals surface area contributed by atoms with E-state index in [-0.39, 0.29) is 0 Å². The summed E-state index contributed by atoms with van der Waals surface area (Å²) in [5, 5.41) is 3.29. The summed E-state index contributed by atoms with van der Waals surface area (Å²) < 4.78 is 0. The average Bonchev–Trinajstić information content (AvgIpc) is 2.19. The molecule has 1 nitrogen and oxygen atoms in total. The molecular formula is C6H10NS. The van der Waals surface area contributed by atoms with Gasteiger partial charge in [-0.2, -0.15) is 0 Å². The van der Waals surface area contributed by atoms with E-state index >= 15 is 0 Å². The van der Waals surface area contributed by atoms with E-state index in [2.05, 4.69) is 18.3 Å². The van der Waals surface area contributed by atoms with Crippen molar-refractivity contribution in [2.75, 3.05) is 11.6 Å². The van der Waals surface area contributed by atoms with Gasteiger partial charge in [0, 0.05) is 17.7 Å². The van der Waals surface area contributed by atoms with Crippen molar-refractivity contribution >= 4 is 11.8 Å². The molecule has 0 aromatic carbocycles. The van der Waals surface area contributed by atoms with Crippen LogP contribution in [0.5, 0.6) is 0 Å². The normalized spacial score (nSPS) is 29.9. The Kier molecular flexibility index (Phi) is 2.43. The molecule has 0 aromatic heterocycles. The third kappa shape index (κ3) is 1.53. The van der Waals surface area contributed by atoms with E-state index in [1.165, 1.54) is 5.75 Å². The maximum Gasteiger partial charge on any atom is 0.0423 e. The van der Waals surface area contributed by atoms with Crippen LogP contribution in [0.4, 0.5) is 0 Å². The molecule has 1 atom stereocenters. The minimum absolute atomic E-state index is 0.581. The van der Waals surface area contributed by atoms with Crippen LogP contribution in [-0.2, 0) is 0 Å². The van der Waals surface area contributed by atoms with Gasteiger partial charge in [-0.3, -0.25) is 0 Å². The smallest absolute Gasteiger partial charge is 0.0423 e. The first-order chi connectivity index (χ1) is 3.93. The highest BCUT2D eigenvalue weighted by molar-refractivity contribution is 7.99. The molecule has 0 amide bonds. The molecule has 1 fully saturated rings. The number of thioether (sulfide) groups is 1. The average molecular weight is 128 g/mol. The van der Waals surface area contributed by atoms with E-state index < -0.39 is 0 Å². The molecule has 0 aliphatic carbocycles. The minimum atomic E-state index is 0.581. The highest BCUT2D eigenvalue weighted by Gasteiger charge is 2.08. The number of allylic oxidation sites excluding steroid dienone is 1. The van der Waals surface area contributed by atoms with Gasteiger partial charge in [0.05, 0.1) is 0 Å². The molecule has 1 N–H and O–H groups in total. The second-order valence-corrected chi connectivity index (χ2v) is 2.78. The summed E-state index contributed by atoms with van der Waals surface area (Å²) in [6.07, 6.45) is 3.95. The molecule has 1 rings (SSSR count). The van der Waals surface area contributed by atoms with Crippen molar-refractivity contribution in [1.82, 2.24) is 5.32 Å². The van der Waals surface area contributed by atoms with Crippen molar-refractivity contribution in [1.29, 1.82) is 0 Å². The molecule has 0 saturated carbocycles. The molecule has 45 valence electrons. The zero-order chi connectivity index (χ0) is 5.82. The first kappa shape index (κ1) is 6.17. The maximum atomic E-state index is 3.62. The standard InChI is InChI=1S/C6H10NS/c1-2-3-6-4-8-5-7-6/h2-3,6-7H,1,4-5H2. The van der Waals surface area contributed by atoms with Crippen LogP contribution in [-0.4, -0.2) is 17.7 Å². The van der Waals surface area contributed by atoms with E-state index in [0.29, 0.717) is 6.04 Å². The lowest BCUT2D eigenvalue weighted by atomic mass is 10.3. The molecule has 1 saturated heterocycles. The Hall–Kier alpha value is 0.0500. The Bertz CT molecular complexity index is 84.5. The Morgan fingerprint density at radius 1 is 1.75 bits per heavy atom. The molecule has 8 heavy (non-hydrogen) atoms. The number of hydrogen-bond donors (Lipinski definition) is 1. The zero-order valence-corrected chi connectivity index (χ0v) is 5.58. The fourth-order valence-corrected chi connectivity index (χ4v) is 1.63. The second kappa shape index (κ2) is 3.15. The second-order valence-electron chi connectivity index (χ2n) is 1.75. The number of nitrogens with one attached hydrogen (secondary N) is 1. The topological polar surface area (TPSA) is 12.0 Å². The third-order valence-electron chi connectivity index (χ3n) is 1.11. The molecule has 0 bridgehead atoms. The Morgan fingerprint density at radius 2 is 2.62 bits per heavy atom. The molecule has 1 aliphatic heterocycles. The van der Waals surface area contributed by atoms with Crippen molar-refractivity contribution in [2.45, 2.75) is 6.04 Å². The summed E-state index contributed by atoms with van der Waals surface area (Å²) in [6.45, 7) is 3.62. The summed E-state index contributed by atoms with van der Waals surface area (Å²) in [4.78, 5) is 0. The minimum Gasteiger partial charge on any atom is -0.301 e. The van der Waals surface area contributed by atoms with E-state index in [4.69, 9.17) is 0 Å². The SMILES string of the molecule is [CH2]C=CC1CSCN1. The van der Waals surface area contributed by atoms with Crippen molar-refractivity contribution in [3.05, 3.63) is 19.1 Å². The Labute approximate surface area is 54.5 Å². The van der Waals surface area contributed by atoms with Crippen molar-refractivity contribution < 1.29 is 0 Å². The summed E-state index contributed by atoms with van der Waals surface area (Å²) in [5.74, 6) is 2.29. The lowest BCUT2D eigenvalue weighted by molar-refractivity contribution is 0.753. The molecule has 1 unspecified atom stereocenters. The molecule has 1 radical (unpaired) electrons. The van der Waals surface area contributed by atoms with Crippen LogP contribution in [0, 0.1) is 6.92 Å². The quantitative estimate of drug-likeness (QED) is 0.566. The third-order valence-corrected chi connectivity index (χ3v) is 2.08. The highest BCUT2D eigenvalue weighted by Crippen LogP contribution is 2.09. The van der Waals surface area contributed by atoms with Gasteiger partial charge >= 0.3 is 0 Å². The summed E-state index contributed by atoms with van der Waals surface area (Å²) in [6, 6.07) is 0.581. The first-order valence-corrected chi connectivity index (χ1v) is 3.86. The van der Waals surface area contributed by atoms with Crippen LogP contribution < -0.4 is 5.32 Å². The van der Waals surface area contributed by atoms with Gasteiger partial charge in [0.1, 0.15) is 0 Å². The number of hydrogen-bond acceptors (Lipinski definition) is 2. The Morgan fingerprint density at radius 3 is 3.12 bits per heavy atom.